The molecular weight excluding hydrogens is 342 g/mol. The molecule has 0 radical (unpaired) electrons. The van der Waals surface area contributed by atoms with Gasteiger partial charge in [0.15, 0.2) is 0 Å². The number of benzene rings is 1. The van der Waals surface area contributed by atoms with Gasteiger partial charge in [-0.15, -0.1) is 11.3 Å². The lowest BCUT2D eigenvalue weighted by molar-refractivity contribution is 0.415. The van der Waals surface area contributed by atoms with Crippen molar-refractivity contribution in [2.24, 2.45) is 0 Å². The van der Waals surface area contributed by atoms with Crippen LogP contribution in [0.3, 0.4) is 0 Å². The minimum absolute atomic E-state index is 0.442. The number of thiophene rings is 1. The van der Waals surface area contributed by atoms with E-state index in [1.165, 1.54) is 16.0 Å². The van der Waals surface area contributed by atoms with E-state index in [0.29, 0.717) is 12.1 Å². The molecule has 4 aromatic rings. The van der Waals surface area contributed by atoms with E-state index in [9.17, 15) is 0 Å². The van der Waals surface area contributed by atoms with Crippen LogP contribution in [0.25, 0.3) is 22.2 Å². The summed E-state index contributed by atoms with van der Waals surface area (Å²) < 4.78 is 5.36. The molecule has 0 saturated heterocycles. The zero-order valence-corrected chi connectivity index (χ0v) is 15.4. The predicted octanol–water partition coefficient (Wildman–Crippen LogP) is 5.07. The first-order valence-electron chi connectivity index (χ1n) is 8.28. The topological polar surface area (TPSA) is 61.7 Å². The highest BCUT2D eigenvalue weighted by Gasteiger charge is 2.16. The Kier molecular flexibility index (Phi) is 4.19. The van der Waals surface area contributed by atoms with E-state index in [4.69, 9.17) is 10.00 Å². The summed E-state index contributed by atoms with van der Waals surface area (Å²) in [4.78, 5) is 9.27. The molecule has 0 fully saturated rings. The third kappa shape index (κ3) is 2.96. The van der Waals surface area contributed by atoms with Crippen molar-refractivity contribution < 1.29 is 4.74 Å². The monoisotopic (exact) mass is 359 g/mol. The molecule has 5 heteroatoms. The van der Waals surface area contributed by atoms with Crippen LogP contribution >= 0.6 is 11.3 Å². The molecule has 0 aliphatic rings. The standard InChI is InChI=1S/C21H17N3OS/c1-13-8-14(12-26-13)21-19(9-15-4-3-5-16(11-22)23-15)18-7-6-17(25-2)10-20(18)24-21/h3-8,10,12,24H,9H2,1-2H3. The highest BCUT2D eigenvalue weighted by molar-refractivity contribution is 7.10. The lowest BCUT2D eigenvalue weighted by Crippen LogP contribution is -1.95. The molecule has 0 aliphatic carbocycles. The number of fused-ring (bicyclic) bond motifs is 1. The summed E-state index contributed by atoms with van der Waals surface area (Å²) in [5, 5.41) is 12.4. The van der Waals surface area contributed by atoms with Gasteiger partial charge in [0.25, 0.3) is 0 Å². The molecule has 0 bridgehead atoms. The van der Waals surface area contributed by atoms with Gasteiger partial charge in [-0.05, 0) is 42.8 Å². The first-order valence-corrected chi connectivity index (χ1v) is 9.16. The molecule has 3 heterocycles. The van der Waals surface area contributed by atoms with Crippen LogP contribution in [0.4, 0.5) is 0 Å². The Balaban J connectivity index is 1.88. The molecular formula is C21H17N3OS. The van der Waals surface area contributed by atoms with Gasteiger partial charge in [0.1, 0.15) is 17.5 Å². The fourth-order valence-electron chi connectivity index (χ4n) is 3.19. The number of nitrogens with one attached hydrogen (secondary N) is 1. The van der Waals surface area contributed by atoms with E-state index in [2.05, 4.69) is 40.5 Å². The van der Waals surface area contributed by atoms with Crippen LogP contribution in [0.5, 0.6) is 5.75 Å². The Morgan fingerprint density at radius 3 is 2.85 bits per heavy atom. The van der Waals surface area contributed by atoms with Crippen LogP contribution in [0.2, 0.25) is 0 Å². The maximum absolute atomic E-state index is 9.12. The number of nitriles is 1. The molecule has 0 aliphatic heterocycles. The van der Waals surface area contributed by atoms with Gasteiger partial charge in [-0.3, -0.25) is 0 Å². The zero-order valence-electron chi connectivity index (χ0n) is 14.5. The Labute approximate surface area is 155 Å². The minimum Gasteiger partial charge on any atom is -0.497 e. The second-order valence-electron chi connectivity index (χ2n) is 6.14. The number of pyridine rings is 1. The number of aryl methyl sites for hydroxylation is 1. The first kappa shape index (κ1) is 16.4. The van der Waals surface area contributed by atoms with Gasteiger partial charge in [0.2, 0.25) is 0 Å². The SMILES string of the molecule is COc1ccc2c(Cc3cccc(C#N)n3)c(-c3csc(C)c3)[nH]c2c1. The molecule has 0 saturated carbocycles. The quantitative estimate of drug-likeness (QED) is 0.553. The van der Waals surface area contributed by atoms with Crippen molar-refractivity contribution in [2.75, 3.05) is 7.11 Å². The number of rotatable bonds is 4. The number of nitrogens with zero attached hydrogens (tertiary/aromatic N) is 2. The molecule has 0 amide bonds. The summed E-state index contributed by atoms with van der Waals surface area (Å²) in [5.74, 6) is 0.822. The van der Waals surface area contributed by atoms with Crippen LogP contribution in [0.15, 0.2) is 47.8 Å². The number of methoxy groups -OCH3 is 1. The van der Waals surface area contributed by atoms with Crippen LogP contribution in [-0.2, 0) is 6.42 Å². The van der Waals surface area contributed by atoms with Crippen molar-refractivity contribution in [2.45, 2.75) is 13.3 Å². The van der Waals surface area contributed by atoms with Crippen LogP contribution < -0.4 is 4.74 Å². The summed E-state index contributed by atoms with van der Waals surface area (Å²) in [7, 11) is 1.67. The van der Waals surface area contributed by atoms with Crippen LogP contribution in [0, 0.1) is 18.3 Å². The fraction of sp³-hybridized carbons (Fsp3) is 0.143. The normalized spacial score (nSPS) is 10.8. The van der Waals surface area contributed by atoms with Gasteiger partial charge in [0.05, 0.1) is 12.8 Å². The third-order valence-electron chi connectivity index (χ3n) is 4.41. The molecule has 4 rings (SSSR count). The second-order valence-corrected chi connectivity index (χ2v) is 7.25. The van der Waals surface area contributed by atoms with Gasteiger partial charge < -0.3 is 9.72 Å². The van der Waals surface area contributed by atoms with E-state index in [1.54, 1.807) is 24.5 Å². The van der Waals surface area contributed by atoms with Gasteiger partial charge in [-0.25, -0.2) is 4.98 Å². The Hall–Kier alpha value is -3.10. The molecule has 0 atom stereocenters. The molecule has 1 aromatic carbocycles. The maximum Gasteiger partial charge on any atom is 0.140 e. The highest BCUT2D eigenvalue weighted by atomic mass is 32.1. The average molecular weight is 359 g/mol. The maximum atomic E-state index is 9.12. The Morgan fingerprint density at radius 1 is 1.23 bits per heavy atom. The number of H-pyrrole nitrogens is 1. The molecule has 0 spiro atoms. The van der Waals surface area contributed by atoms with Crippen molar-refractivity contribution >= 4 is 22.2 Å². The van der Waals surface area contributed by atoms with E-state index in [-0.39, 0.29) is 0 Å². The largest absolute Gasteiger partial charge is 0.497 e. The zero-order chi connectivity index (χ0) is 18.1. The fourth-order valence-corrected chi connectivity index (χ4v) is 3.88. The highest BCUT2D eigenvalue weighted by Crippen LogP contribution is 2.35. The summed E-state index contributed by atoms with van der Waals surface area (Å²) in [6, 6.07) is 15.9. The van der Waals surface area contributed by atoms with E-state index in [0.717, 1.165) is 28.0 Å². The Morgan fingerprint density at radius 2 is 2.12 bits per heavy atom. The first-order chi connectivity index (χ1) is 12.7. The van der Waals surface area contributed by atoms with Gasteiger partial charge in [-0.1, -0.05) is 6.07 Å². The van der Waals surface area contributed by atoms with Crippen molar-refractivity contribution in [3.63, 3.8) is 0 Å². The molecule has 3 aromatic heterocycles. The minimum atomic E-state index is 0.442. The number of aromatic amines is 1. The summed E-state index contributed by atoms with van der Waals surface area (Å²) in [6.07, 6.45) is 0.659. The predicted molar refractivity (Wildman–Crippen MR) is 105 cm³/mol. The summed E-state index contributed by atoms with van der Waals surface area (Å²) in [6.45, 7) is 2.11. The summed E-state index contributed by atoms with van der Waals surface area (Å²) in [5.41, 5.74) is 5.82. The smallest absolute Gasteiger partial charge is 0.140 e. The average Bonchev–Trinajstić information content (AvgIpc) is 3.25. The number of hydrogen-bond donors (Lipinski definition) is 1. The number of ether oxygens (including phenoxy) is 1. The van der Waals surface area contributed by atoms with E-state index in [1.807, 2.05) is 24.3 Å². The lowest BCUT2D eigenvalue weighted by atomic mass is 10.0. The molecule has 1 N–H and O–H groups in total. The van der Waals surface area contributed by atoms with Crippen molar-refractivity contribution in [1.82, 2.24) is 9.97 Å². The van der Waals surface area contributed by atoms with Crippen molar-refractivity contribution in [1.29, 1.82) is 5.26 Å². The lowest BCUT2D eigenvalue weighted by Gasteiger charge is -2.05. The third-order valence-corrected chi connectivity index (χ3v) is 5.27. The second kappa shape index (κ2) is 6.66. The van der Waals surface area contributed by atoms with Crippen LogP contribution in [0.1, 0.15) is 21.8 Å². The van der Waals surface area contributed by atoms with Gasteiger partial charge in [0, 0.05) is 44.9 Å². The number of aromatic nitrogens is 2. The summed E-state index contributed by atoms with van der Waals surface area (Å²) >= 11 is 1.73. The van der Waals surface area contributed by atoms with Crippen molar-refractivity contribution in [3.05, 3.63) is 69.7 Å². The number of hydrogen-bond acceptors (Lipinski definition) is 4. The van der Waals surface area contributed by atoms with Gasteiger partial charge in [-0.2, -0.15) is 5.26 Å². The molecule has 0 unspecified atom stereocenters. The van der Waals surface area contributed by atoms with Gasteiger partial charge >= 0.3 is 0 Å². The van der Waals surface area contributed by atoms with E-state index < -0.39 is 0 Å². The Bertz CT molecular complexity index is 1130. The van der Waals surface area contributed by atoms with Crippen molar-refractivity contribution in [3.8, 4) is 23.1 Å². The molecule has 4 nitrogen and oxygen atoms in total. The molecule has 128 valence electrons. The van der Waals surface area contributed by atoms with E-state index >= 15 is 0 Å². The van der Waals surface area contributed by atoms with Crippen LogP contribution in [-0.4, -0.2) is 17.1 Å². The molecule has 26 heavy (non-hydrogen) atoms.